The Balaban J connectivity index is 1.53. The molecule has 0 saturated carbocycles. The molecule has 0 fully saturated rings. The highest BCUT2D eigenvalue weighted by atomic mass is 35.5. The third-order valence-corrected chi connectivity index (χ3v) is 4.64. The third-order valence-electron chi connectivity index (χ3n) is 4.39. The van der Waals surface area contributed by atoms with E-state index in [1.54, 1.807) is 36.4 Å². The van der Waals surface area contributed by atoms with Crippen LogP contribution in [0.5, 0.6) is 11.5 Å². The monoisotopic (exact) mass is 483 g/mol. The highest BCUT2D eigenvalue weighted by Gasteiger charge is 2.13. The van der Waals surface area contributed by atoms with Gasteiger partial charge in [0, 0.05) is 10.6 Å². The number of nitrogens with one attached hydrogen (secondary N) is 2. The van der Waals surface area contributed by atoms with Crippen molar-refractivity contribution in [1.29, 1.82) is 0 Å². The SMILES string of the molecule is COc1cc(/C=N\NC(=O)CNC(=O)c2ccc(F)cc2)ccc1OC(=O)c1ccc(Cl)cc1. The van der Waals surface area contributed by atoms with Gasteiger partial charge in [0.2, 0.25) is 0 Å². The highest BCUT2D eigenvalue weighted by molar-refractivity contribution is 6.30. The van der Waals surface area contributed by atoms with E-state index >= 15 is 0 Å². The van der Waals surface area contributed by atoms with E-state index in [-0.39, 0.29) is 23.6 Å². The second-order valence-corrected chi connectivity index (χ2v) is 7.23. The molecule has 2 amide bonds. The Morgan fingerprint density at radius 3 is 2.32 bits per heavy atom. The Morgan fingerprint density at radius 1 is 0.971 bits per heavy atom. The fourth-order valence-electron chi connectivity index (χ4n) is 2.68. The van der Waals surface area contributed by atoms with Gasteiger partial charge in [-0.25, -0.2) is 14.6 Å². The molecule has 3 rings (SSSR count). The molecular weight excluding hydrogens is 465 g/mol. The average Bonchev–Trinajstić information content (AvgIpc) is 2.84. The summed E-state index contributed by atoms with van der Waals surface area (Å²) in [6, 6.07) is 15.9. The summed E-state index contributed by atoms with van der Waals surface area (Å²) in [5, 5.41) is 6.73. The number of esters is 1. The minimum absolute atomic E-state index is 0.201. The van der Waals surface area contributed by atoms with Crippen LogP contribution in [0.1, 0.15) is 26.3 Å². The van der Waals surface area contributed by atoms with Crippen molar-refractivity contribution in [3.63, 3.8) is 0 Å². The molecule has 34 heavy (non-hydrogen) atoms. The molecule has 0 spiro atoms. The predicted molar refractivity (Wildman–Crippen MR) is 124 cm³/mol. The quantitative estimate of drug-likeness (QED) is 0.220. The summed E-state index contributed by atoms with van der Waals surface area (Å²) in [5.41, 5.74) is 3.38. The van der Waals surface area contributed by atoms with Gasteiger partial charge in [-0.2, -0.15) is 5.10 Å². The van der Waals surface area contributed by atoms with Crippen molar-refractivity contribution in [2.24, 2.45) is 5.10 Å². The molecule has 174 valence electrons. The van der Waals surface area contributed by atoms with Crippen LogP contribution in [0.2, 0.25) is 5.02 Å². The van der Waals surface area contributed by atoms with Crippen molar-refractivity contribution in [2.75, 3.05) is 13.7 Å². The molecule has 0 aliphatic heterocycles. The fourth-order valence-corrected chi connectivity index (χ4v) is 2.80. The number of halogens is 2. The number of rotatable bonds is 8. The first-order chi connectivity index (χ1) is 16.4. The van der Waals surface area contributed by atoms with Gasteiger partial charge >= 0.3 is 5.97 Å². The number of carbonyl (C=O) groups is 3. The van der Waals surface area contributed by atoms with Crippen LogP contribution < -0.4 is 20.2 Å². The fraction of sp³-hybridized carbons (Fsp3) is 0.0833. The molecule has 0 aliphatic rings. The van der Waals surface area contributed by atoms with E-state index in [4.69, 9.17) is 21.1 Å². The van der Waals surface area contributed by atoms with Gasteiger partial charge in [-0.3, -0.25) is 9.59 Å². The smallest absolute Gasteiger partial charge is 0.343 e. The summed E-state index contributed by atoms with van der Waals surface area (Å²) in [7, 11) is 1.42. The average molecular weight is 484 g/mol. The van der Waals surface area contributed by atoms with E-state index in [1.165, 1.54) is 31.5 Å². The zero-order valence-electron chi connectivity index (χ0n) is 17.9. The molecule has 3 aromatic carbocycles. The summed E-state index contributed by atoms with van der Waals surface area (Å²) in [4.78, 5) is 36.1. The Hall–Kier alpha value is -4.24. The number of nitrogens with zero attached hydrogens (tertiary/aromatic N) is 1. The normalized spacial score (nSPS) is 10.6. The second kappa shape index (κ2) is 11.6. The lowest BCUT2D eigenvalue weighted by atomic mass is 10.2. The largest absolute Gasteiger partial charge is 0.493 e. The van der Waals surface area contributed by atoms with Crippen molar-refractivity contribution >= 4 is 35.6 Å². The van der Waals surface area contributed by atoms with Gasteiger partial charge in [0.05, 0.1) is 25.4 Å². The van der Waals surface area contributed by atoms with Gasteiger partial charge in [-0.15, -0.1) is 0 Å². The van der Waals surface area contributed by atoms with Crippen molar-refractivity contribution in [3.8, 4) is 11.5 Å². The third kappa shape index (κ3) is 6.88. The lowest BCUT2D eigenvalue weighted by Crippen LogP contribution is -2.34. The number of amides is 2. The second-order valence-electron chi connectivity index (χ2n) is 6.79. The van der Waals surface area contributed by atoms with E-state index in [0.29, 0.717) is 16.1 Å². The van der Waals surface area contributed by atoms with Gasteiger partial charge < -0.3 is 14.8 Å². The van der Waals surface area contributed by atoms with Crippen LogP contribution >= 0.6 is 11.6 Å². The molecule has 0 heterocycles. The Morgan fingerprint density at radius 2 is 1.65 bits per heavy atom. The standard InChI is InChI=1S/C24H19ClFN3O5/c1-33-21-12-15(2-11-20(21)34-24(32)17-3-7-18(25)8-4-17)13-28-29-22(30)14-27-23(31)16-5-9-19(26)10-6-16/h2-13H,14H2,1H3,(H,27,31)(H,29,30)/b28-13-. The van der Waals surface area contributed by atoms with Crippen LogP contribution in [0.3, 0.4) is 0 Å². The van der Waals surface area contributed by atoms with Crippen LogP contribution in [0.25, 0.3) is 0 Å². The number of carbonyl (C=O) groups excluding carboxylic acids is 3. The minimum Gasteiger partial charge on any atom is -0.493 e. The summed E-state index contributed by atoms with van der Waals surface area (Å²) >= 11 is 5.82. The van der Waals surface area contributed by atoms with E-state index < -0.39 is 23.6 Å². The van der Waals surface area contributed by atoms with Crippen molar-refractivity contribution in [2.45, 2.75) is 0 Å². The number of hydrazone groups is 1. The van der Waals surface area contributed by atoms with Crippen molar-refractivity contribution < 1.29 is 28.2 Å². The van der Waals surface area contributed by atoms with E-state index in [2.05, 4.69) is 15.8 Å². The first-order valence-corrected chi connectivity index (χ1v) is 10.2. The molecule has 0 bridgehead atoms. The van der Waals surface area contributed by atoms with E-state index in [0.717, 1.165) is 12.1 Å². The number of hydrogen-bond donors (Lipinski definition) is 2. The van der Waals surface area contributed by atoms with Crippen molar-refractivity contribution in [3.05, 3.63) is 94.3 Å². The Kier molecular flexibility index (Phi) is 8.31. The van der Waals surface area contributed by atoms with E-state index in [9.17, 15) is 18.8 Å². The molecule has 8 nitrogen and oxygen atoms in total. The van der Waals surface area contributed by atoms with Gasteiger partial charge in [-0.05, 0) is 72.3 Å². The molecule has 0 unspecified atom stereocenters. The minimum atomic E-state index is -0.577. The lowest BCUT2D eigenvalue weighted by molar-refractivity contribution is -0.120. The number of hydrogen-bond acceptors (Lipinski definition) is 6. The Labute approximate surface area is 199 Å². The van der Waals surface area contributed by atoms with Gasteiger partial charge in [0.1, 0.15) is 5.82 Å². The topological polar surface area (TPSA) is 106 Å². The first-order valence-electron chi connectivity index (χ1n) is 9.87. The van der Waals surface area contributed by atoms with Gasteiger partial charge in [0.25, 0.3) is 11.8 Å². The maximum atomic E-state index is 12.9. The first kappa shape index (κ1) is 24.4. The predicted octanol–water partition coefficient (Wildman–Crippen LogP) is 3.59. The van der Waals surface area contributed by atoms with Crippen LogP contribution in [-0.4, -0.2) is 37.7 Å². The zero-order chi connectivity index (χ0) is 24.5. The maximum absolute atomic E-state index is 12.9. The van der Waals surface area contributed by atoms with Crippen LogP contribution in [-0.2, 0) is 4.79 Å². The molecule has 0 aromatic heterocycles. The van der Waals surface area contributed by atoms with Gasteiger partial charge in [-0.1, -0.05) is 11.6 Å². The molecule has 0 saturated heterocycles. The lowest BCUT2D eigenvalue weighted by Gasteiger charge is -2.10. The van der Waals surface area contributed by atoms with Crippen molar-refractivity contribution in [1.82, 2.24) is 10.7 Å². The van der Waals surface area contributed by atoms with E-state index in [1.807, 2.05) is 0 Å². The molecule has 10 heteroatoms. The van der Waals surface area contributed by atoms with Crippen LogP contribution in [0, 0.1) is 5.82 Å². The molecule has 0 aliphatic carbocycles. The molecule has 3 aromatic rings. The zero-order valence-corrected chi connectivity index (χ0v) is 18.6. The Bertz CT molecular complexity index is 1210. The number of methoxy groups -OCH3 is 1. The molecular formula is C24H19ClFN3O5. The summed E-state index contributed by atoms with van der Waals surface area (Å²) in [6.45, 7) is -0.323. The maximum Gasteiger partial charge on any atom is 0.343 e. The summed E-state index contributed by atoms with van der Waals surface area (Å²) < 4.78 is 23.5. The van der Waals surface area contributed by atoms with Crippen LogP contribution in [0.4, 0.5) is 4.39 Å². The molecule has 0 radical (unpaired) electrons. The number of ether oxygens (including phenoxy) is 2. The molecule has 2 N–H and O–H groups in total. The summed E-state index contributed by atoms with van der Waals surface area (Å²) in [6.07, 6.45) is 1.35. The summed E-state index contributed by atoms with van der Waals surface area (Å²) in [5.74, 6) is -1.64. The number of benzene rings is 3. The van der Waals surface area contributed by atoms with Gasteiger partial charge in [0.15, 0.2) is 11.5 Å². The highest BCUT2D eigenvalue weighted by Crippen LogP contribution is 2.28. The molecule has 0 atom stereocenters. The van der Waals surface area contributed by atoms with Crippen LogP contribution in [0.15, 0.2) is 71.8 Å².